The van der Waals surface area contributed by atoms with Gasteiger partial charge in [-0.25, -0.2) is 0 Å². The zero-order valence-electron chi connectivity index (χ0n) is 19.5. The van der Waals surface area contributed by atoms with Crippen LogP contribution in [0.5, 0.6) is 0 Å². The number of hydrogen-bond acceptors (Lipinski definition) is 2. The second kappa shape index (κ2) is 10.6. The van der Waals surface area contributed by atoms with Crippen LogP contribution in [-0.2, 0) is 17.8 Å². The van der Waals surface area contributed by atoms with Crippen LogP contribution in [-0.4, -0.2) is 11.8 Å². The average Bonchev–Trinajstić information content (AvgIpc) is 2.84. The summed E-state index contributed by atoms with van der Waals surface area (Å²) in [6.07, 6.45) is 0.263. The highest BCUT2D eigenvalue weighted by atomic mass is 16.2. The van der Waals surface area contributed by atoms with Gasteiger partial charge >= 0.3 is 0 Å². The monoisotopic (exact) mass is 448 g/mol. The molecule has 1 N–H and O–H groups in total. The van der Waals surface area contributed by atoms with Gasteiger partial charge in [-0.3, -0.25) is 9.59 Å². The van der Waals surface area contributed by atoms with E-state index in [1.54, 1.807) is 4.90 Å². The molecular weight excluding hydrogens is 420 g/mol. The Morgan fingerprint density at radius 3 is 2.09 bits per heavy atom. The molecule has 0 aromatic heterocycles. The van der Waals surface area contributed by atoms with Crippen LogP contribution in [0, 0.1) is 13.8 Å². The van der Waals surface area contributed by atoms with Crippen LogP contribution in [0.4, 0.5) is 11.4 Å². The molecule has 0 heterocycles. The number of aryl methyl sites for hydroxylation is 2. The second-order valence-corrected chi connectivity index (χ2v) is 8.50. The van der Waals surface area contributed by atoms with Crippen LogP contribution >= 0.6 is 0 Å². The van der Waals surface area contributed by atoms with E-state index < -0.39 is 0 Å². The number of para-hydroxylation sites is 1. The van der Waals surface area contributed by atoms with Crippen LogP contribution in [0.25, 0.3) is 0 Å². The molecule has 0 aliphatic rings. The van der Waals surface area contributed by atoms with Crippen molar-refractivity contribution >= 4 is 23.2 Å². The maximum atomic E-state index is 13.5. The van der Waals surface area contributed by atoms with E-state index in [9.17, 15) is 9.59 Å². The average molecular weight is 449 g/mol. The van der Waals surface area contributed by atoms with Crippen LogP contribution in [0.1, 0.15) is 32.6 Å². The molecule has 0 saturated heterocycles. The Balaban J connectivity index is 1.54. The first-order valence-electron chi connectivity index (χ1n) is 11.4. The first kappa shape index (κ1) is 23.0. The Morgan fingerprint density at radius 2 is 1.41 bits per heavy atom. The number of anilines is 2. The van der Waals surface area contributed by atoms with Gasteiger partial charge in [-0.15, -0.1) is 0 Å². The van der Waals surface area contributed by atoms with E-state index >= 15 is 0 Å². The van der Waals surface area contributed by atoms with Gasteiger partial charge in [0.1, 0.15) is 0 Å². The summed E-state index contributed by atoms with van der Waals surface area (Å²) in [4.78, 5) is 27.7. The number of benzene rings is 4. The Kier molecular flexibility index (Phi) is 7.19. The van der Waals surface area contributed by atoms with Crippen molar-refractivity contribution in [2.24, 2.45) is 0 Å². The van der Waals surface area contributed by atoms with E-state index in [0.717, 1.165) is 33.6 Å². The van der Waals surface area contributed by atoms with Crippen molar-refractivity contribution in [1.82, 2.24) is 0 Å². The summed E-state index contributed by atoms with van der Waals surface area (Å²) in [5.41, 5.74) is 6.42. The van der Waals surface area contributed by atoms with Crippen molar-refractivity contribution in [1.29, 1.82) is 0 Å². The summed E-state index contributed by atoms with van der Waals surface area (Å²) in [5.74, 6) is -0.137. The molecule has 2 amide bonds. The van der Waals surface area contributed by atoms with E-state index in [1.165, 1.54) is 0 Å². The fourth-order valence-electron chi connectivity index (χ4n) is 3.83. The highest BCUT2D eigenvalue weighted by Gasteiger charge is 2.18. The zero-order chi connectivity index (χ0) is 23.9. The van der Waals surface area contributed by atoms with E-state index in [0.29, 0.717) is 12.1 Å². The standard InChI is InChI=1S/C30H28N2O2/c1-22-11-15-26(16-12-22)30(34)32(21-25-8-6-7-23(2)19-25)28-17-13-24(14-18-28)20-29(33)31-27-9-4-3-5-10-27/h3-19H,20-21H2,1-2H3,(H,31,33). The number of hydrogen-bond donors (Lipinski definition) is 1. The second-order valence-electron chi connectivity index (χ2n) is 8.50. The molecule has 170 valence electrons. The van der Waals surface area contributed by atoms with Crippen molar-refractivity contribution in [2.75, 3.05) is 10.2 Å². The van der Waals surface area contributed by atoms with E-state index in [1.807, 2.05) is 111 Å². The molecular formula is C30H28N2O2. The lowest BCUT2D eigenvalue weighted by molar-refractivity contribution is -0.115. The lowest BCUT2D eigenvalue weighted by atomic mass is 10.1. The van der Waals surface area contributed by atoms with Gasteiger partial charge in [-0.2, -0.15) is 0 Å². The quantitative estimate of drug-likeness (QED) is 0.359. The van der Waals surface area contributed by atoms with Gasteiger partial charge in [0, 0.05) is 16.9 Å². The molecule has 0 aliphatic heterocycles. The van der Waals surface area contributed by atoms with E-state index in [2.05, 4.69) is 11.4 Å². The third-order valence-corrected chi connectivity index (χ3v) is 5.64. The largest absolute Gasteiger partial charge is 0.326 e. The van der Waals surface area contributed by atoms with Crippen molar-refractivity contribution < 1.29 is 9.59 Å². The predicted octanol–water partition coefficient (Wildman–Crippen LogP) is 6.33. The highest BCUT2D eigenvalue weighted by Crippen LogP contribution is 2.22. The highest BCUT2D eigenvalue weighted by molar-refractivity contribution is 6.06. The summed E-state index contributed by atoms with van der Waals surface area (Å²) >= 11 is 0. The molecule has 0 aliphatic carbocycles. The molecule has 0 radical (unpaired) electrons. The Bertz CT molecular complexity index is 1260. The summed E-state index contributed by atoms with van der Waals surface area (Å²) in [7, 11) is 0. The molecule has 0 atom stereocenters. The van der Waals surface area contributed by atoms with Crippen molar-refractivity contribution in [2.45, 2.75) is 26.8 Å². The first-order valence-corrected chi connectivity index (χ1v) is 11.4. The van der Waals surface area contributed by atoms with E-state index in [-0.39, 0.29) is 18.2 Å². The Morgan fingerprint density at radius 1 is 0.706 bits per heavy atom. The summed E-state index contributed by atoms with van der Waals surface area (Å²) < 4.78 is 0. The Hall–Kier alpha value is -4.18. The molecule has 4 nitrogen and oxygen atoms in total. The van der Waals surface area contributed by atoms with Crippen LogP contribution in [0.2, 0.25) is 0 Å². The fourth-order valence-corrected chi connectivity index (χ4v) is 3.83. The molecule has 0 spiro atoms. The minimum Gasteiger partial charge on any atom is -0.326 e. The molecule has 0 bridgehead atoms. The predicted molar refractivity (Wildman–Crippen MR) is 138 cm³/mol. The van der Waals surface area contributed by atoms with Crippen LogP contribution in [0.3, 0.4) is 0 Å². The topological polar surface area (TPSA) is 49.4 Å². The van der Waals surface area contributed by atoms with Crippen molar-refractivity contribution in [3.05, 3.63) is 131 Å². The molecule has 34 heavy (non-hydrogen) atoms. The smallest absolute Gasteiger partial charge is 0.258 e. The summed E-state index contributed by atoms with van der Waals surface area (Å²) in [6, 6.07) is 32.9. The molecule has 0 saturated carbocycles. The number of nitrogens with zero attached hydrogens (tertiary/aromatic N) is 1. The van der Waals surface area contributed by atoms with Crippen LogP contribution in [0.15, 0.2) is 103 Å². The first-order chi connectivity index (χ1) is 16.5. The SMILES string of the molecule is Cc1ccc(C(=O)N(Cc2cccc(C)c2)c2ccc(CC(=O)Nc3ccccc3)cc2)cc1. The molecule has 4 aromatic carbocycles. The number of nitrogens with one attached hydrogen (secondary N) is 1. The molecule has 4 aromatic rings. The van der Waals surface area contributed by atoms with Gasteiger partial charge in [0.05, 0.1) is 13.0 Å². The van der Waals surface area contributed by atoms with Gasteiger partial charge in [0.15, 0.2) is 0 Å². The fraction of sp³-hybridized carbons (Fsp3) is 0.133. The summed E-state index contributed by atoms with van der Waals surface area (Å²) in [6.45, 7) is 4.51. The molecule has 4 heteroatoms. The van der Waals surface area contributed by atoms with Gasteiger partial charge < -0.3 is 10.2 Å². The van der Waals surface area contributed by atoms with Crippen molar-refractivity contribution in [3.8, 4) is 0 Å². The van der Waals surface area contributed by atoms with Gasteiger partial charge in [0.2, 0.25) is 5.91 Å². The van der Waals surface area contributed by atoms with Gasteiger partial charge in [-0.05, 0) is 61.4 Å². The normalized spacial score (nSPS) is 10.5. The van der Waals surface area contributed by atoms with Gasteiger partial charge in [-0.1, -0.05) is 77.9 Å². The molecule has 0 unspecified atom stereocenters. The minimum absolute atomic E-state index is 0.0592. The number of amides is 2. The van der Waals surface area contributed by atoms with Crippen molar-refractivity contribution in [3.63, 3.8) is 0 Å². The maximum Gasteiger partial charge on any atom is 0.258 e. The molecule has 4 rings (SSSR count). The number of rotatable bonds is 7. The number of carbonyl (C=O) groups is 2. The third kappa shape index (κ3) is 5.99. The van der Waals surface area contributed by atoms with E-state index in [4.69, 9.17) is 0 Å². The third-order valence-electron chi connectivity index (χ3n) is 5.64. The molecule has 0 fully saturated rings. The zero-order valence-corrected chi connectivity index (χ0v) is 19.5. The lowest BCUT2D eigenvalue weighted by Crippen LogP contribution is -2.30. The number of carbonyl (C=O) groups excluding carboxylic acids is 2. The lowest BCUT2D eigenvalue weighted by Gasteiger charge is -2.24. The minimum atomic E-state index is -0.0775. The maximum absolute atomic E-state index is 13.5. The van der Waals surface area contributed by atoms with Gasteiger partial charge in [0.25, 0.3) is 5.91 Å². The van der Waals surface area contributed by atoms with Crippen LogP contribution < -0.4 is 10.2 Å². The summed E-state index contributed by atoms with van der Waals surface area (Å²) in [5, 5.41) is 2.91. The Labute approximate surface area is 200 Å².